The molecule has 1 unspecified atom stereocenters. The molecule has 1 aliphatic rings. The highest BCUT2D eigenvalue weighted by Gasteiger charge is 2.27. The van der Waals surface area contributed by atoms with Crippen LogP contribution in [0.25, 0.3) is 0 Å². The number of hydrogen-bond acceptors (Lipinski definition) is 3. The van der Waals surface area contributed by atoms with Crippen LogP contribution in [0.5, 0.6) is 0 Å². The summed E-state index contributed by atoms with van der Waals surface area (Å²) in [5.41, 5.74) is 0. The monoisotopic (exact) mass is 269 g/mol. The second-order valence-electron chi connectivity index (χ2n) is 5.49. The lowest BCUT2D eigenvalue weighted by Gasteiger charge is -2.38. The van der Waals surface area contributed by atoms with Crippen LogP contribution in [0, 0.1) is 5.92 Å². The lowest BCUT2D eigenvalue weighted by atomic mass is 10.0. The first-order valence-corrected chi connectivity index (χ1v) is 7.87. The van der Waals surface area contributed by atoms with Crippen LogP contribution in [0.3, 0.4) is 0 Å². The summed E-state index contributed by atoms with van der Waals surface area (Å²) in [6.45, 7) is 14.4. The normalized spacial score (nSPS) is 18.9. The van der Waals surface area contributed by atoms with Gasteiger partial charge in [-0.15, -0.1) is 0 Å². The van der Waals surface area contributed by atoms with Gasteiger partial charge >= 0.3 is 0 Å². The van der Waals surface area contributed by atoms with Gasteiger partial charge in [0.05, 0.1) is 0 Å². The summed E-state index contributed by atoms with van der Waals surface area (Å²) in [4.78, 5) is 16.9. The molecule has 0 bridgehead atoms. The molecule has 0 saturated carbocycles. The van der Waals surface area contributed by atoms with Crippen LogP contribution < -0.4 is 5.32 Å². The number of nitrogens with one attached hydrogen (secondary N) is 1. The van der Waals surface area contributed by atoms with Crippen molar-refractivity contribution in [2.24, 2.45) is 5.92 Å². The third-order valence-corrected chi connectivity index (χ3v) is 4.23. The summed E-state index contributed by atoms with van der Waals surface area (Å²) < 4.78 is 0. The lowest BCUT2D eigenvalue weighted by Crippen LogP contribution is -2.48. The topological polar surface area (TPSA) is 35.6 Å². The molecule has 19 heavy (non-hydrogen) atoms. The Kier molecular flexibility index (Phi) is 7.39. The summed E-state index contributed by atoms with van der Waals surface area (Å²) >= 11 is 0. The predicted molar refractivity (Wildman–Crippen MR) is 80.2 cm³/mol. The average Bonchev–Trinajstić information content (AvgIpc) is 2.46. The largest absolute Gasteiger partial charge is 0.342 e. The van der Waals surface area contributed by atoms with Crippen LogP contribution in [0.2, 0.25) is 0 Å². The third-order valence-electron chi connectivity index (χ3n) is 4.23. The average molecular weight is 269 g/mol. The van der Waals surface area contributed by atoms with Crippen molar-refractivity contribution in [3.63, 3.8) is 0 Å². The molecule has 1 N–H and O–H groups in total. The van der Waals surface area contributed by atoms with E-state index in [2.05, 4.69) is 35.9 Å². The molecular formula is C15H31N3O. The molecule has 0 aromatic carbocycles. The zero-order chi connectivity index (χ0) is 14.3. The zero-order valence-corrected chi connectivity index (χ0v) is 13.1. The zero-order valence-electron chi connectivity index (χ0n) is 13.1. The summed E-state index contributed by atoms with van der Waals surface area (Å²) in [5, 5.41) is 3.26. The van der Waals surface area contributed by atoms with Gasteiger partial charge in [0.15, 0.2) is 0 Å². The minimum Gasteiger partial charge on any atom is -0.342 e. The lowest BCUT2D eigenvalue weighted by molar-refractivity contribution is -0.136. The summed E-state index contributed by atoms with van der Waals surface area (Å²) in [6.07, 6.45) is 2.25. The highest BCUT2D eigenvalue weighted by Crippen LogP contribution is 2.17. The molecule has 1 heterocycles. The fourth-order valence-electron chi connectivity index (χ4n) is 2.95. The molecule has 0 aromatic heterocycles. The number of carbonyl (C=O) groups excluding carboxylic acids is 1. The van der Waals surface area contributed by atoms with Crippen LogP contribution in [0.4, 0.5) is 0 Å². The van der Waals surface area contributed by atoms with E-state index in [-0.39, 0.29) is 5.92 Å². The number of amides is 1. The van der Waals surface area contributed by atoms with Gasteiger partial charge in [-0.1, -0.05) is 27.7 Å². The Morgan fingerprint density at radius 2 is 1.84 bits per heavy atom. The Labute approximate surface area is 118 Å². The van der Waals surface area contributed by atoms with E-state index in [9.17, 15) is 4.79 Å². The molecule has 0 spiro atoms. The Hall–Kier alpha value is -0.610. The van der Waals surface area contributed by atoms with Crippen LogP contribution >= 0.6 is 0 Å². The van der Waals surface area contributed by atoms with Gasteiger partial charge in [0.2, 0.25) is 5.91 Å². The third kappa shape index (κ3) is 4.77. The fourth-order valence-corrected chi connectivity index (χ4v) is 2.95. The van der Waals surface area contributed by atoms with Gasteiger partial charge in [-0.05, 0) is 32.5 Å². The SMILES string of the molecule is CCNCC(C)C(=O)N1CCC(N(CC)CC)CC1. The maximum atomic E-state index is 12.3. The molecule has 0 aliphatic carbocycles. The first-order valence-electron chi connectivity index (χ1n) is 7.87. The summed E-state index contributed by atoms with van der Waals surface area (Å²) in [6, 6.07) is 0.670. The van der Waals surface area contributed by atoms with E-state index in [0.717, 1.165) is 52.1 Å². The van der Waals surface area contributed by atoms with Crippen molar-refractivity contribution in [1.82, 2.24) is 15.1 Å². The number of likely N-dealkylation sites (tertiary alicyclic amines) is 1. The van der Waals surface area contributed by atoms with Crippen molar-refractivity contribution >= 4 is 5.91 Å². The highest BCUT2D eigenvalue weighted by molar-refractivity contribution is 5.78. The van der Waals surface area contributed by atoms with E-state index in [4.69, 9.17) is 0 Å². The smallest absolute Gasteiger partial charge is 0.226 e. The molecule has 0 radical (unpaired) electrons. The van der Waals surface area contributed by atoms with Crippen molar-refractivity contribution in [3.05, 3.63) is 0 Å². The second-order valence-corrected chi connectivity index (χ2v) is 5.49. The molecular weight excluding hydrogens is 238 g/mol. The molecule has 1 aliphatic heterocycles. The summed E-state index contributed by atoms with van der Waals surface area (Å²) in [7, 11) is 0. The van der Waals surface area contributed by atoms with Gasteiger partial charge in [0.25, 0.3) is 0 Å². The number of hydrogen-bond donors (Lipinski definition) is 1. The van der Waals surface area contributed by atoms with E-state index in [1.54, 1.807) is 0 Å². The van der Waals surface area contributed by atoms with Gasteiger partial charge in [-0.2, -0.15) is 0 Å². The second kappa shape index (κ2) is 8.54. The Morgan fingerprint density at radius 1 is 1.26 bits per heavy atom. The number of nitrogens with zero attached hydrogens (tertiary/aromatic N) is 2. The molecule has 4 nitrogen and oxygen atoms in total. The molecule has 112 valence electrons. The van der Waals surface area contributed by atoms with Gasteiger partial charge in [-0.25, -0.2) is 0 Å². The van der Waals surface area contributed by atoms with Crippen LogP contribution in [-0.4, -0.2) is 61.0 Å². The number of piperidine rings is 1. The predicted octanol–water partition coefficient (Wildman–Crippen LogP) is 1.56. The minimum atomic E-state index is 0.102. The standard InChI is InChI=1S/C15H31N3O/c1-5-16-12-13(4)15(19)18-10-8-14(9-11-18)17(6-2)7-3/h13-14,16H,5-12H2,1-4H3. The fraction of sp³-hybridized carbons (Fsp3) is 0.933. The van der Waals surface area contributed by atoms with E-state index in [0.29, 0.717) is 11.9 Å². The van der Waals surface area contributed by atoms with Gasteiger partial charge < -0.3 is 15.1 Å². The van der Waals surface area contributed by atoms with Gasteiger partial charge in [0.1, 0.15) is 0 Å². The molecule has 1 saturated heterocycles. The van der Waals surface area contributed by atoms with Crippen molar-refractivity contribution in [1.29, 1.82) is 0 Å². The molecule has 1 fully saturated rings. The summed E-state index contributed by atoms with van der Waals surface area (Å²) in [5.74, 6) is 0.420. The van der Waals surface area contributed by atoms with Crippen molar-refractivity contribution in [2.75, 3.05) is 39.3 Å². The van der Waals surface area contributed by atoms with Crippen molar-refractivity contribution < 1.29 is 4.79 Å². The van der Waals surface area contributed by atoms with Gasteiger partial charge in [0, 0.05) is 31.6 Å². The molecule has 0 aromatic rings. The van der Waals surface area contributed by atoms with E-state index in [1.165, 1.54) is 0 Å². The number of carbonyl (C=O) groups is 1. The molecule has 1 amide bonds. The van der Waals surface area contributed by atoms with Crippen LogP contribution in [0.15, 0.2) is 0 Å². The Morgan fingerprint density at radius 3 is 2.32 bits per heavy atom. The Bertz CT molecular complexity index is 258. The minimum absolute atomic E-state index is 0.102. The van der Waals surface area contributed by atoms with E-state index in [1.807, 2.05) is 6.92 Å². The van der Waals surface area contributed by atoms with Crippen molar-refractivity contribution in [3.8, 4) is 0 Å². The maximum absolute atomic E-state index is 12.3. The molecule has 1 rings (SSSR count). The molecule has 4 heteroatoms. The van der Waals surface area contributed by atoms with Crippen LogP contribution in [-0.2, 0) is 4.79 Å². The van der Waals surface area contributed by atoms with E-state index >= 15 is 0 Å². The maximum Gasteiger partial charge on any atom is 0.226 e. The first-order chi connectivity index (χ1) is 9.13. The van der Waals surface area contributed by atoms with E-state index < -0.39 is 0 Å². The Balaban J connectivity index is 2.38. The molecule has 1 atom stereocenters. The first kappa shape index (κ1) is 16.4. The number of rotatable bonds is 7. The quantitative estimate of drug-likeness (QED) is 0.762. The highest BCUT2D eigenvalue weighted by atomic mass is 16.2. The van der Waals surface area contributed by atoms with Crippen LogP contribution in [0.1, 0.15) is 40.5 Å². The van der Waals surface area contributed by atoms with Crippen molar-refractivity contribution in [2.45, 2.75) is 46.6 Å². The van der Waals surface area contributed by atoms with Gasteiger partial charge in [-0.3, -0.25) is 4.79 Å².